The van der Waals surface area contributed by atoms with E-state index >= 15 is 0 Å². The SMILES string of the molecule is NC1CN(N)CC12OCCO2. The molecule has 2 rings (SSSR count). The number of hydrogen-bond donors (Lipinski definition) is 2. The summed E-state index contributed by atoms with van der Waals surface area (Å²) in [5.41, 5.74) is 5.79. The Bertz CT molecular complexity index is 158. The minimum Gasteiger partial charge on any atom is -0.345 e. The van der Waals surface area contributed by atoms with Crippen molar-refractivity contribution in [3.05, 3.63) is 0 Å². The fourth-order valence-corrected chi connectivity index (χ4v) is 1.63. The van der Waals surface area contributed by atoms with Gasteiger partial charge < -0.3 is 15.2 Å². The van der Waals surface area contributed by atoms with Gasteiger partial charge in [-0.15, -0.1) is 0 Å². The van der Waals surface area contributed by atoms with Crippen molar-refractivity contribution in [2.45, 2.75) is 11.8 Å². The van der Waals surface area contributed by atoms with Crippen LogP contribution >= 0.6 is 0 Å². The van der Waals surface area contributed by atoms with Crippen molar-refractivity contribution in [1.82, 2.24) is 5.01 Å². The molecule has 2 heterocycles. The first-order chi connectivity index (χ1) is 5.23. The molecule has 64 valence electrons. The van der Waals surface area contributed by atoms with Gasteiger partial charge >= 0.3 is 0 Å². The molecule has 1 unspecified atom stereocenters. The molecule has 0 radical (unpaired) electrons. The van der Waals surface area contributed by atoms with Gasteiger partial charge in [-0.2, -0.15) is 0 Å². The van der Waals surface area contributed by atoms with Crippen LogP contribution in [0, 0.1) is 0 Å². The molecule has 0 amide bonds. The lowest BCUT2D eigenvalue weighted by Gasteiger charge is -2.24. The molecule has 0 aliphatic carbocycles. The zero-order chi connectivity index (χ0) is 7.90. The van der Waals surface area contributed by atoms with Crippen molar-refractivity contribution < 1.29 is 9.47 Å². The van der Waals surface area contributed by atoms with Crippen LogP contribution in [0.2, 0.25) is 0 Å². The highest BCUT2D eigenvalue weighted by Gasteiger charge is 2.48. The average molecular weight is 159 g/mol. The monoisotopic (exact) mass is 159 g/mol. The van der Waals surface area contributed by atoms with E-state index in [1.165, 1.54) is 0 Å². The van der Waals surface area contributed by atoms with E-state index < -0.39 is 5.79 Å². The summed E-state index contributed by atoms with van der Waals surface area (Å²) in [5, 5.41) is 1.63. The number of hydrazine groups is 1. The van der Waals surface area contributed by atoms with Crippen molar-refractivity contribution >= 4 is 0 Å². The van der Waals surface area contributed by atoms with Crippen LogP contribution in [0.25, 0.3) is 0 Å². The third-order valence-corrected chi connectivity index (χ3v) is 2.20. The molecular weight excluding hydrogens is 146 g/mol. The largest absolute Gasteiger partial charge is 0.345 e. The van der Waals surface area contributed by atoms with Crippen molar-refractivity contribution in [3.8, 4) is 0 Å². The Hall–Kier alpha value is -0.200. The quantitative estimate of drug-likeness (QED) is 0.410. The maximum absolute atomic E-state index is 5.79. The summed E-state index contributed by atoms with van der Waals surface area (Å²) in [4.78, 5) is 0. The summed E-state index contributed by atoms with van der Waals surface area (Å²) in [6.45, 7) is 2.47. The van der Waals surface area contributed by atoms with Crippen LogP contribution in [0.3, 0.4) is 0 Å². The van der Waals surface area contributed by atoms with Gasteiger partial charge in [0.2, 0.25) is 0 Å². The van der Waals surface area contributed by atoms with E-state index in [0.717, 1.165) is 0 Å². The van der Waals surface area contributed by atoms with Crippen LogP contribution < -0.4 is 11.6 Å². The molecule has 0 aromatic carbocycles. The molecular formula is C6H13N3O2. The first-order valence-corrected chi connectivity index (χ1v) is 3.76. The molecule has 2 saturated heterocycles. The number of rotatable bonds is 0. The van der Waals surface area contributed by atoms with Crippen LogP contribution in [0.4, 0.5) is 0 Å². The summed E-state index contributed by atoms with van der Waals surface area (Å²) < 4.78 is 10.8. The second-order valence-corrected chi connectivity index (χ2v) is 3.04. The minimum atomic E-state index is -0.602. The fourth-order valence-electron chi connectivity index (χ4n) is 1.63. The van der Waals surface area contributed by atoms with Gasteiger partial charge in [-0.25, -0.2) is 5.01 Å². The lowest BCUT2D eigenvalue weighted by Crippen LogP contribution is -2.48. The Morgan fingerprint density at radius 1 is 1.36 bits per heavy atom. The Balaban J connectivity index is 2.12. The second-order valence-electron chi connectivity index (χ2n) is 3.04. The normalized spacial score (nSPS) is 37.1. The summed E-state index contributed by atoms with van der Waals surface area (Å²) in [5.74, 6) is 4.97. The standard InChI is InChI=1S/C6H13N3O2/c7-5-3-9(8)4-6(5)10-1-2-11-6/h5H,1-4,7-8H2. The highest BCUT2D eigenvalue weighted by Crippen LogP contribution is 2.27. The van der Waals surface area contributed by atoms with E-state index in [1.807, 2.05) is 0 Å². The maximum atomic E-state index is 5.79. The van der Waals surface area contributed by atoms with Crippen molar-refractivity contribution in [1.29, 1.82) is 0 Å². The van der Waals surface area contributed by atoms with Gasteiger partial charge in [-0.3, -0.25) is 5.84 Å². The topological polar surface area (TPSA) is 73.7 Å². The Kier molecular flexibility index (Phi) is 1.62. The van der Waals surface area contributed by atoms with Gasteiger partial charge in [-0.1, -0.05) is 0 Å². The second kappa shape index (κ2) is 2.40. The van der Waals surface area contributed by atoms with Crippen LogP contribution in [-0.2, 0) is 9.47 Å². The zero-order valence-corrected chi connectivity index (χ0v) is 6.32. The molecule has 1 atom stereocenters. The van der Waals surface area contributed by atoms with Crippen LogP contribution in [0.5, 0.6) is 0 Å². The predicted molar refractivity (Wildman–Crippen MR) is 38.4 cm³/mol. The third kappa shape index (κ3) is 1.05. The van der Waals surface area contributed by atoms with E-state index in [-0.39, 0.29) is 6.04 Å². The minimum absolute atomic E-state index is 0.116. The van der Waals surface area contributed by atoms with E-state index in [2.05, 4.69) is 0 Å². The lowest BCUT2D eigenvalue weighted by molar-refractivity contribution is -0.154. The first kappa shape index (κ1) is 7.45. The van der Waals surface area contributed by atoms with Crippen LogP contribution in [0.15, 0.2) is 0 Å². The van der Waals surface area contributed by atoms with Gasteiger partial charge in [0.15, 0.2) is 5.79 Å². The van der Waals surface area contributed by atoms with Crippen LogP contribution in [-0.4, -0.2) is 43.1 Å². The molecule has 11 heavy (non-hydrogen) atoms. The number of hydrogen-bond acceptors (Lipinski definition) is 5. The van der Waals surface area contributed by atoms with E-state index in [1.54, 1.807) is 5.01 Å². The van der Waals surface area contributed by atoms with Crippen molar-refractivity contribution in [2.75, 3.05) is 26.3 Å². The number of nitrogens with two attached hydrogens (primary N) is 2. The number of nitrogens with zero attached hydrogens (tertiary/aromatic N) is 1. The first-order valence-electron chi connectivity index (χ1n) is 3.76. The summed E-state index contributed by atoms with van der Waals surface area (Å²) >= 11 is 0. The van der Waals surface area contributed by atoms with Gasteiger partial charge in [0.1, 0.15) is 0 Å². The zero-order valence-electron chi connectivity index (χ0n) is 6.32. The highest BCUT2D eigenvalue weighted by molar-refractivity contribution is 4.95. The summed E-state index contributed by atoms with van der Waals surface area (Å²) in [7, 11) is 0. The molecule has 0 saturated carbocycles. The van der Waals surface area contributed by atoms with Gasteiger partial charge in [-0.05, 0) is 0 Å². The number of ether oxygens (including phenoxy) is 2. The van der Waals surface area contributed by atoms with E-state index in [4.69, 9.17) is 21.1 Å². The third-order valence-electron chi connectivity index (χ3n) is 2.20. The smallest absolute Gasteiger partial charge is 0.199 e. The van der Waals surface area contributed by atoms with Gasteiger partial charge in [0, 0.05) is 6.54 Å². The fraction of sp³-hybridized carbons (Fsp3) is 1.00. The van der Waals surface area contributed by atoms with Gasteiger partial charge in [0.05, 0.1) is 25.8 Å². The molecule has 0 aromatic rings. The molecule has 4 N–H and O–H groups in total. The maximum Gasteiger partial charge on any atom is 0.199 e. The molecule has 2 fully saturated rings. The Morgan fingerprint density at radius 3 is 2.45 bits per heavy atom. The molecule has 2 aliphatic heterocycles. The van der Waals surface area contributed by atoms with Crippen LogP contribution in [0.1, 0.15) is 0 Å². The molecule has 1 spiro atoms. The molecule has 0 bridgehead atoms. The van der Waals surface area contributed by atoms with E-state index in [0.29, 0.717) is 26.3 Å². The van der Waals surface area contributed by atoms with Gasteiger partial charge in [0.25, 0.3) is 0 Å². The average Bonchev–Trinajstić information content (AvgIpc) is 2.45. The molecule has 0 aromatic heterocycles. The molecule has 5 heteroatoms. The van der Waals surface area contributed by atoms with Crippen molar-refractivity contribution in [3.63, 3.8) is 0 Å². The highest BCUT2D eigenvalue weighted by atomic mass is 16.7. The van der Waals surface area contributed by atoms with E-state index in [9.17, 15) is 0 Å². The molecule has 2 aliphatic rings. The summed E-state index contributed by atoms with van der Waals surface area (Å²) in [6.07, 6.45) is 0. The lowest BCUT2D eigenvalue weighted by atomic mass is 10.2. The predicted octanol–water partition coefficient (Wildman–Crippen LogP) is -1.75. The van der Waals surface area contributed by atoms with Crippen molar-refractivity contribution in [2.24, 2.45) is 11.6 Å². The molecule has 5 nitrogen and oxygen atoms in total. The Labute approximate surface area is 65.2 Å². The Morgan fingerprint density at radius 2 is 2.00 bits per heavy atom. The summed E-state index contributed by atoms with van der Waals surface area (Å²) in [6, 6.07) is -0.116.